The van der Waals surface area contributed by atoms with Gasteiger partial charge < -0.3 is 5.32 Å². The van der Waals surface area contributed by atoms with E-state index < -0.39 is 12.1 Å². The Morgan fingerprint density at radius 2 is 2.19 bits per heavy atom. The first kappa shape index (κ1) is 19.7. The summed E-state index contributed by atoms with van der Waals surface area (Å²) in [5, 5.41) is 3.65. The number of allylic oxidation sites excluding steroid dienone is 2. The van der Waals surface area contributed by atoms with Crippen molar-refractivity contribution < 1.29 is 18.0 Å². The molecule has 1 aliphatic rings. The van der Waals surface area contributed by atoms with Crippen molar-refractivity contribution in [1.82, 2.24) is 10.3 Å². The van der Waals surface area contributed by atoms with Gasteiger partial charge in [0.2, 0.25) is 0 Å². The highest BCUT2D eigenvalue weighted by atomic mass is 32.2. The first-order valence-corrected chi connectivity index (χ1v) is 10.2. The number of benzene rings is 1. The van der Waals surface area contributed by atoms with E-state index in [4.69, 9.17) is 0 Å². The largest absolute Gasteiger partial charge is 0.392 e. The summed E-state index contributed by atoms with van der Waals surface area (Å²) in [6, 6.07) is 7.38. The lowest BCUT2D eigenvalue weighted by atomic mass is 9.85. The van der Waals surface area contributed by atoms with Crippen molar-refractivity contribution in [1.29, 1.82) is 0 Å². The van der Waals surface area contributed by atoms with Crippen molar-refractivity contribution in [3.8, 4) is 0 Å². The lowest BCUT2D eigenvalue weighted by molar-refractivity contribution is -0.175. The zero-order chi connectivity index (χ0) is 19.4. The number of alkyl halides is 3. The molecule has 0 radical (unpaired) electrons. The molecular formula is C20H21F3N2OS. The highest BCUT2D eigenvalue weighted by Crippen LogP contribution is 2.40. The van der Waals surface area contributed by atoms with Crippen LogP contribution in [0.5, 0.6) is 0 Å². The first-order valence-electron chi connectivity index (χ1n) is 8.82. The van der Waals surface area contributed by atoms with E-state index in [9.17, 15) is 18.0 Å². The SMILES string of the molecule is CSCCNC(=O)c1cnc2c(C3=CC[C@@H](C(F)(F)F)CC3)cccc2c1. The van der Waals surface area contributed by atoms with Gasteiger partial charge in [-0.15, -0.1) is 0 Å². The highest BCUT2D eigenvalue weighted by molar-refractivity contribution is 7.98. The van der Waals surface area contributed by atoms with Crippen LogP contribution in [-0.2, 0) is 0 Å². The topological polar surface area (TPSA) is 42.0 Å². The molecule has 7 heteroatoms. The van der Waals surface area contributed by atoms with Crippen molar-refractivity contribution in [3.05, 3.63) is 47.7 Å². The van der Waals surface area contributed by atoms with Crippen molar-refractivity contribution in [2.24, 2.45) is 5.92 Å². The van der Waals surface area contributed by atoms with E-state index in [1.54, 1.807) is 23.9 Å². The van der Waals surface area contributed by atoms with Crippen LogP contribution in [0.3, 0.4) is 0 Å². The minimum Gasteiger partial charge on any atom is -0.351 e. The maximum absolute atomic E-state index is 12.9. The molecule has 0 spiro atoms. The van der Waals surface area contributed by atoms with Gasteiger partial charge in [0, 0.05) is 29.4 Å². The van der Waals surface area contributed by atoms with Gasteiger partial charge in [-0.3, -0.25) is 9.78 Å². The van der Waals surface area contributed by atoms with Gasteiger partial charge in [0.25, 0.3) is 5.91 Å². The summed E-state index contributed by atoms with van der Waals surface area (Å²) in [5.74, 6) is -0.598. The van der Waals surface area contributed by atoms with Gasteiger partial charge in [-0.25, -0.2) is 0 Å². The van der Waals surface area contributed by atoms with E-state index in [1.165, 1.54) is 6.20 Å². The van der Waals surface area contributed by atoms with Crippen molar-refractivity contribution >= 4 is 34.1 Å². The summed E-state index contributed by atoms with van der Waals surface area (Å²) in [6.07, 6.45) is 1.53. The lowest BCUT2D eigenvalue weighted by Gasteiger charge is -2.24. The standard InChI is InChI=1S/C20H21F3N2OS/c1-27-10-9-24-19(26)15-11-14-3-2-4-17(18(14)25-12-15)13-5-7-16(8-6-13)20(21,22)23/h2-5,11-12,16H,6-10H2,1H3,(H,24,26)/t16-/m1/s1. The zero-order valence-electron chi connectivity index (χ0n) is 15.0. The first-order chi connectivity index (χ1) is 12.9. The molecule has 2 aromatic rings. The fraction of sp³-hybridized carbons (Fsp3) is 0.400. The average molecular weight is 394 g/mol. The summed E-state index contributed by atoms with van der Waals surface area (Å²) in [4.78, 5) is 16.6. The third kappa shape index (κ3) is 4.64. The normalized spacial score (nSPS) is 17.6. The number of carbonyl (C=O) groups excluding carboxylic acids is 1. The van der Waals surface area contributed by atoms with Gasteiger partial charge >= 0.3 is 6.18 Å². The van der Waals surface area contributed by atoms with Gasteiger partial charge in [-0.05, 0) is 37.2 Å². The van der Waals surface area contributed by atoms with Crippen LogP contribution in [0.25, 0.3) is 16.5 Å². The second-order valence-corrected chi connectivity index (χ2v) is 7.58. The Hall–Kier alpha value is -2.02. The number of amides is 1. The number of fused-ring (bicyclic) bond motifs is 1. The Morgan fingerprint density at radius 3 is 2.85 bits per heavy atom. The number of nitrogens with one attached hydrogen (secondary N) is 1. The molecule has 3 rings (SSSR count). The van der Waals surface area contributed by atoms with Gasteiger partial charge in [0.1, 0.15) is 0 Å². The molecule has 1 aliphatic carbocycles. The number of hydrogen-bond acceptors (Lipinski definition) is 3. The Balaban J connectivity index is 1.84. The second kappa shape index (κ2) is 8.33. The van der Waals surface area contributed by atoms with Crippen LogP contribution in [-0.4, -0.2) is 35.6 Å². The molecule has 144 valence electrons. The molecule has 0 unspecified atom stereocenters. The van der Waals surface area contributed by atoms with Gasteiger partial charge in [0.15, 0.2) is 0 Å². The van der Waals surface area contributed by atoms with Crippen molar-refractivity contribution in [2.45, 2.75) is 25.4 Å². The molecule has 1 amide bonds. The summed E-state index contributed by atoms with van der Waals surface area (Å²) >= 11 is 1.65. The Bertz CT molecular complexity index is 864. The fourth-order valence-electron chi connectivity index (χ4n) is 3.29. The van der Waals surface area contributed by atoms with E-state index in [0.717, 1.165) is 27.8 Å². The van der Waals surface area contributed by atoms with Crippen LogP contribution in [0.15, 0.2) is 36.5 Å². The summed E-state index contributed by atoms with van der Waals surface area (Å²) < 4.78 is 38.6. The van der Waals surface area contributed by atoms with Gasteiger partial charge in [-0.1, -0.05) is 24.3 Å². The number of para-hydroxylation sites is 1. The maximum atomic E-state index is 12.9. The molecule has 1 aromatic carbocycles. The predicted octanol–water partition coefficient (Wildman–Crippen LogP) is 5.07. The van der Waals surface area contributed by atoms with E-state index in [0.29, 0.717) is 18.5 Å². The van der Waals surface area contributed by atoms with Gasteiger partial charge in [0.05, 0.1) is 17.0 Å². The highest BCUT2D eigenvalue weighted by Gasteiger charge is 2.39. The molecule has 1 atom stereocenters. The van der Waals surface area contributed by atoms with E-state index in [1.807, 2.05) is 24.5 Å². The molecule has 0 fully saturated rings. The maximum Gasteiger partial charge on any atom is 0.392 e. The number of carbonyl (C=O) groups is 1. The monoisotopic (exact) mass is 394 g/mol. The fourth-order valence-corrected chi connectivity index (χ4v) is 3.60. The molecule has 1 N–H and O–H groups in total. The molecule has 3 nitrogen and oxygen atoms in total. The molecule has 1 aromatic heterocycles. The molecule has 0 saturated heterocycles. The van der Waals surface area contributed by atoms with E-state index in [2.05, 4.69) is 10.3 Å². The van der Waals surface area contributed by atoms with Crippen LogP contribution in [0, 0.1) is 5.92 Å². The number of aromatic nitrogens is 1. The van der Waals surface area contributed by atoms with Crippen LogP contribution in [0.2, 0.25) is 0 Å². The Labute approximate surface area is 160 Å². The molecule has 0 bridgehead atoms. The van der Waals surface area contributed by atoms with E-state index >= 15 is 0 Å². The quantitative estimate of drug-likeness (QED) is 0.720. The minimum atomic E-state index is -4.14. The van der Waals surface area contributed by atoms with Crippen LogP contribution in [0.1, 0.15) is 35.2 Å². The van der Waals surface area contributed by atoms with Crippen molar-refractivity contribution in [3.63, 3.8) is 0 Å². The predicted molar refractivity (Wildman–Crippen MR) is 104 cm³/mol. The van der Waals surface area contributed by atoms with Crippen LogP contribution < -0.4 is 5.32 Å². The number of thioether (sulfide) groups is 1. The Kier molecular flexibility index (Phi) is 6.09. The van der Waals surface area contributed by atoms with Crippen molar-refractivity contribution in [2.75, 3.05) is 18.6 Å². The van der Waals surface area contributed by atoms with E-state index in [-0.39, 0.29) is 18.7 Å². The molecule has 27 heavy (non-hydrogen) atoms. The molecular weight excluding hydrogens is 373 g/mol. The zero-order valence-corrected chi connectivity index (χ0v) is 15.8. The molecule has 1 heterocycles. The minimum absolute atomic E-state index is 0.00511. The number of rotatable bonds is 5. The van der Waals surface area contributed by atoms with Gasteiger partial charge in [-0.2, -0.15) is 24.9 Å². The number of nitrogens with zero attached hydrogens (tertiary/aromatic N) is 1. The summed E-state index contributed by atoms with van der Waals surface area (Å²) in [7, 11) is 0. The number of hydrogen-bond donors (Lipinski definition) is 1. The number of halogens is 3. The number of pyridine rings is 1. The van der Waals surface area contributed by atoms with Crippen LogP contribution in [0.4, 0.5) is 13.2 Å². The lowest BCUT2D eigenvalue weighted by Crippen LogP contribution is -2.25. The average Bonchev–Trinajstić information content (AvgIpc) is 2.66. The third-order valence-corrected chi connectivity index (χ3v) is 5.40. The van der Waals surface area contributed by atoms with Crippen LogP contribution >= 0.6 is 11.8 Å². The second-order valence-electron chi connectivity index (χ2n) is 6.59. The summed E-state index contributed by atoms with van der Waals surface area (Å²) in [6.45, 7) is 0.589. The molecule has 0 saturated carbocycles. The molecule has 0 aliphatic heterocycles. The summed E-state index contributed by atoms with van der Waals surface area (Å²) in [5.41, 5.74) is 2.94. The Morgan fingerprint density at radius 1 is 1.37 bits per heavy atom. The smallest absolute Gasteiger partial charge is 0.351 e. The third-order valence-electron chi connectivity index (χ3n) is 4.78.